The van der Waals surface area contributed by atoms with Crippen molar-refractivity contribution in [1.82, 2.24) is 14.7 Å². The first-order valence-corrected chi connectivity index (χ1v) is 11.9. The number of ether oxygens (including phenoxy) is 2. The van der Waals surface area contributed by atoms with Gasteiger partial charge in [0.25, 0.3) is 5.91 Å². The molecule has 1 aliphatic carbocycles. The van der Waals surface area contributed by atoms with Crippen LogP contribution in [0.15, 0.2) is 18.2 Å². The zero-order valence-corrected chi connectivity index (χ0v) is 21.2. The molecule has 1 aromatic carbocycles. The molecule has 2 aliphatic rings. The molecule has 1 aromatic rings. The molecule has 1 heterocycles. The van der Waals surface area contributed by atoms with Crippen molar-refractivity contribution in [3.8, 4) is 5.75 Å². The summed E-state index contributed by atoms with van der Waals surface area (Å²) in [5, 5.41) is 2.84. The normalized spacial score (nSPS) is 24.1. The summed E-state index contributed by atoms with van der Waals surface area (Å²) in [4.78, 5) is 43.9. The molecule has 1 N–H and O–H groups in total. The number of anilines is 1. The van der Waals surface area contributed by atoms with Gasteiger partial charge in [-0.05, 0) is 52.1 Å². The van der Waals surface area contributed by atoms with E-state index in [4.69, 9.17) is 9.47 Å². The predicted octanol–water partition coefficient (Wildman–Crippen LogP) is 1.93. The van der Waals surface area contributed by atoms with Crippen LogP contribution in [0.4, 0.5) is 5.69 Å². The van der Waals surface area contributed by atoms with Gasteiger partial charge in [-0.25, -0.2) is 0 Å². The van der Waals surface area contributed by atoms with Crippen LogP contribution in [0.3, 0.4) is 0 Å². The highest BCUT2D eigenvalue weighted by molar-refractivity contribution is 5.99. The third kappa shape index (κ3) is 6.48. The van der Waals surface area contributed by atoms with E-state index in [1.165, 1.54) is 0 Å². The zero-order valence-electron chi connectivity index (χ0n) is 21.2. The molecule has 0 radical (unpaired) electrons. The van der Waals surface area contributed by atoms with Gasteiger partial charge in [0.05, 0.1) is 24.3 Å². The van der Waals surface area contributed by atoms with Gasteiger partial charge in [0.15, 0.2) is 0 Å². The molecule has 34 heavy (non-hydrogen) atoms. The number of benzene rings is 1. The number of amides is 3. The molecule has 0 unspecified atom stereocenters. The maximum Gasteiger partial charge on any atom is 0.257 e. The molecule has 0 bridgehead atoms. The molecule has 1 fully saturated rings. The number of nitrogens with one attached hydrogen (secondary N) is 1. The first-order valence-electron chi connectivity index (χ1n) is 11.9. The van der Waals surface area contributed by atoms with Crippen molar-refractivity contribution in [2.75, 3.05) is 59.8 Å². The van der Waals surface area contributed by atoms with Crippen molar-refractivity contribution in [2.45, 2.75) is 38.8 Å². The number of nitrogens with zero attached hydrogens (tertiary/aromatic N) is 3. The van der Waals surface area contributed by atoms with Crippen molar-refractivity contribution in [3.63, 3.8) is 0 Å². The number of likely N-dealkylation sites (N-methyl/N-ethyl adjacent to an activating group) is 2. The van der Waals surface area contributed by atoms with E-state index in [0.29, 0.717) is 30.1 Å². The fourth-order valence-corrected chi connectivity index (χ4v) is 4.21. The van der Waals surface area contributed by atoms with E-state index in [-0.39, 0.29) is 54.9 Å². The van der Waals surface area contributed by atoms with Gasteiger partial charge in [0.1, 0.15) is 12.4 Å². The molecule has 3 rings (SSSR count). The van der Waals surface area contributed by atoms with E-state index < -0.39 is 0 Å². The van der Waals surface area contributed by atoms with Crippen LogP contribution in [0.2, 0.25) is 0 Å². The maximum absolute atomic E-state index is 13.4. The average molecular weight is 475 g/mol. The lowest BCUT2D eigenvalue weighted by Gasteiger charge is -2.36. The Balaban J connectivity index is 1.91. The molecule has 9 heteroatoms. The molecular formula is C25H38N4O5. The monoisotopic (exact) mass is 474 g/mol. The fraction of sp³-hybridized carbons (Fsp3) is 0.640. The lowest BCUT2D eigenvalue weighted by molar-refractivity contribution is -0.136. The summed E-state index contributed by atoms with van der Waals surface area (Å²) in [5.41, 5.74) is 0.888. The number of methoxy groups -OCH3 is 1. The van der Waals surface area contributed by atoms with Crippen LogP contribution in [0.1, 0.15) is 37.0 Å². The smallest absolute Gasteiger partial charge is 0.257 e. The molecule has 0 saturated heterocycles. The number of fused-ring (bicyclic) bond motifs is 1. The highest BCUT2D eigenvalue weighted by Crippen LogP contribution is 2.33. The van der Waals surface area contributed by atoms with Gasteiger partial charge in [-0.1, -0.05) is 6.92 Å². The number of hydrogen-bond donors (Lipinski definition) is 1. The van der Waals surface area contributed by atoms with Crippen LogP contribution < -0.4 is 10.1 Å². The predicted molar refractivity (Wildman–Crippen MR) is 130 cm³/mol. The second-order valence-corrected chi connectivity index (χ2v) is 9.86. The SMILES string of the molecule is CO[C@@H]1CN(C)C(=O)c2cc(NC(=O)CN(C)C)ccc2OC[C@@H](C)N(C(=O)C2CC2)C[C@H]1C. The summed E-state index contributed by atoms with van der Waals surface area (Å²) in [6.07, 6.45) is 1.64. The summed E-state index contributed by atoms with van der Waals surface area (Å²) >= 11 is 0. The van der Waals surface area contributed by atoms with Crippen molar-refractivity contribution in [3.05, 3.63) is 23.8 Å². The van der Waals surface area contributed by atoms with E-state index in [9.17, 15) is 14.4 Å². The molecule has 0 aromatic heterocycles. The summed E-state index contributed by atoms with van der Waals surface area (Å²) in [7, 11) is 6.99. The van der Waals surface area contributed by atoms with Crippen LogP contribution in [0.5, 0.6) is 5.75 Å². The molecule has 3 amide bonds. The number of rotatable bonds is 5. The molecule has 188 valence electrons. The Morgan fingerprint density at radius 3 is 2.53 bits per heavy atom. The van der Waals surface area contributed by atoms with E-state index in [0.717, 1.165) is 12.8 Å². The average Bonchev–Trinajstić information content (AvgIpc) is 3.62. The molecular weight excluding hydrogens is 436 g/mol. The van der Waals surface area contributed by atoms with Crippen LogP contribution in [0, 0.1) is 11.8 Å². The number of hydrogen-bond acceptors (Lipinski definition) is 6. The fourth-order valence-electron chi connectivity index (χ4n) is 4.21. The van der Waals surface area contributed by atoms with Gasteiger partial charge in [-0.3, -0.25) is 14.4 Å². The van der Waals surface area contributed by atoms with Crippen LogP contribution >= 0.6 is 0 Å². The van der Waals surface area contributed by atoms with Crippen molar-refractivity contribution in [1.29, 1.82) is 0 Å². The molecule has 3 atom stereocenters. The minimum Gasteiger partial charge on any atom is -0.491 e. The van der Waals surface area contributed by atoms with Gasteiger partial charge in [0.2, 0.25) is 11.8 Å². The Labute approximate surface area is 202 Å². The van der Waals surface area contributed by atoms with E-state index >= 15 is 0 Å². The Bertz CT molecular complexity index is 901. The van der Waals surface area contributed by atoms with Gasteiger partial charge in [-0.2, -0.15) is 0 Å². The van der Waals surface area contributed by atoms with E-state index in [1.54, 1.807) is 42.2 Å². The largest absolute Gasteiger partial charge is 0.491 e. The first-order chi connectivity index (χ1) is 16.1. The highest BCUT2D eigenvalue weighted by atomic mass is 16.5. The van der Waals surface area contributed by atoms with Gasteiger partial charge in [-0.15, -0.1) is 0 Å². The Kier molecular flexibility index (Phi) is 8.54. The van der Waals surface area contributed by atoms with E-state index in [2.05, 4.69) is 5.32 Å². The second-order valence-electron chi connectivity index (χ2n) is 9.86. The Morgan fingerprint density at radius 1 is 1.21 bits per heavy atom. The summed E-state index contributed by atoms with van der Waals surface area (Å²) in [5.74, 6) is 0.339. The molecule has 9 nitrogen and oxygen atoms in total. The highest BCUT2D eigenvalue weighted by Gasteiger charge is 2.37. The van der Waals surface area contributed by atoms with Crippen LogP contribution in [-0.2, 0) is 14.3 Å². The van der Waals surface area contributed by atoms with E-state index in [1.807, 2.05) is 32.8 Å². The third-order valence-corrected chi connectivity index (χ3v) is 6.40. The number of carbonyl (C=O) groups is 3. The summed E-state index contributed by atoms with van der Waals surface area (Å²) in [6, 6.07) is 4.92. The van der Waals surface area contributed by atoms with Gasteiger partial charge in [0, 0.05) is 44.8 Å². The van der Waals surface area contributed by atoms with Gasteiger partial charge >= 0.3 is 0 Å². The number of carbonyl (C=O) groups excluding carboxylic acids is 3. The molecule has 0 spiro atoms. The Hall–Kier alpha value is -2.65. The van der Waals surface area contributed by atoms with Crippen LogP contribution in [-0.4, -0.2) is 99.1 Å². The minimum absolute atomic E-state index is 0.0287. The second kappa shape index (κ2) is 11.2. The maximum atomic E-state index is 13.4. The van der Waals surface area contributed by atoms with Crippen molar-refractivity contribution in [2.24, 2.45) is 11.8 Å². The molecule has 1 saturated carbocycles. The van der Waals surface area contributed by atoms with Crippen LogP contribution in [0.25, 0.3) is 0 Å². The minimum atomic E-state index is -0.234. The lowest BCUT2D eigenvalue weighted by atomic mass is 10.0. The zero-order chi connectivity index (χ0) is 25.0. The topological polar surface area (TPSA) is 91.4 Å². The van der Waals surface area contributed by atoms with Crippen molar-refractivity contribution < 1.29 is 23.9 Å². The molecule has 1 aliphatic heterocycles. The summed E-state index contributed by atoms with van der Waals surface area (Å²) < 4.78 is 11.8. The van der Waals surface area contributed by atoms with Gasteiger partial charge < -0.3 is 29.5 Å². The Morgan fingerprint density at radius 2 is 1.91 bits per heavy atom. The quantitative estimate of drug-likeness (QED) is 0.701. The first kappa shape index (κ1) is 26.0. The standard InChI is InChI=1S/C25H38N4O5/c1-16-12-29(24(31)18-7-8-18)17(2)15-34-21-10-9-19(26-23(30)14-27(3)4)11-20(21)25(32)28(5)13-22(16)33-6/h9-11,16-18,22H,7-8,12-15H2,1-6H3,(H,26,30)/t16-,17-,22-/m1/s1. The summed E-state index contributed by atoms with van der Waals surface area (Å²) in [6.45, 7) is 5.43. The lowest BCUT2D eigenvalue weighted by Crippen LogP contribution is -2.49. The van der Waals surface area contributed by atoms with Crippen molar-refractivity contribution >= 4 is 23.4 Å². The third-order valence-electron chi connectivity index (χ3n) is 6.40.